The minimum atomic E-state index is -0.245. The molecule has 134 valence electrons. The van der Waals surface area contributed by atoms with E-state index in [4.69, 9.17) is 9.47 Å². The standard InChI is InChI=1S/C20H26N2O3/c1-3-24-13-7-12-21-20(23)22-18-11-10-16(2)14-19(18)25-15-17-8-5-4-6-9-17/h4-6,8-11,14H,3,7,12-13,15H2,1-2H3,(H2,21,22,23). The van der Waals surface area contributed by atoms with Gasteiger partial charge in [0.15, 0.2) is 0 Å². The van der Waals surface area contributed by atoms with Gasteiger partial charge in [-0.3, -0.25) is 0 Å². The van der Waals surface area contributed by atoms with Gasteiger partial charge < -0.3 is 20.1 Å². The predicted octanol–water partition coefficient (Wildman–Crippen LogP) is 4.12. The minimum absolute atomic E-state index is 0.245. The summed E-state index contributed by atoms with van der Waals surface area (Å²) >= 11 is 0. The van der Waals surface area contributed by atoms with Crippen LogP contribution in [0.4, 0.5) is 10.5 Å². The molecule has 0 atom stereocenters. The van der Waals surface area contributed by atoms with Crippen LogP contribution < -0.4 is 15.4 Å². The molecule has 25 heavy (non-hydrogen) atoms. The van der Waals surface area contributed by atoms with E-state index in [0.717, 1.165) is 17.5 Å². The molecule has 0 heterocycles. The van der Waals surface area contributed by atoms with E-state index in [2.05, 4.69) is 10.6 Å². The minimum Gasteiger partial charge on any atom is -0.487 e. The van der Waals surface area contributed by atoms with Crippen molar-refractivity contribution in [1.82, 2.24) is 5.32 Å². The fourth-order valence-corrected chi connectivity index (χ4v) is 2.27. The zero-order valence-electron chi connectivity index (χ0n) is 14.9. The maximum Gasteiger partial charge on any atom is 0.319 e. The van der Waals surface area contributed by atoms with Gasteiger partial charge in [0.25, 0.3) is 0 Å². The van der Waals surface area contributed by atoms with Crippen LogP contribution in [0.1, 0.15) is 24.5 Å². The van der Waals surface area contributed by atoms with Crippen LogP contribution in [-0.2, 0) is 11.3 Å². The Labute approximate surface area is 149 Å². The van der Waals surface area contributed by atoms with Crippen LogP contribution in [0.25, 0.3) is 0 Å². The molecule has 0 aliphatic heterocycles. The van der Waals surface area contributed by atoms with Gasteiger partial charge in [0.2, 0.25) is 0 Å². The number of aryl methyl sites for hydroxylation is 1. The molecule has 0 aliphatic rings. The number of amides is 2. The van der Waals surface area contributed by atoms with Gasteiger partial charge in [0.1, 0.15) is 12.4 Å². The quantitative estimate of drug-likeness (QED) is 0.674. The van der Waals surface area contributed by atoms with Crippen LogP contribution in [0.2, 0.25) is 0 Å². The monoisotopic (exact) mass is 342 g/mol. The lowest BCUT2D eigenvalue weighted by Crippen LogP contribution is -2.30. The SMILES string of the molecule is CCOCCCNC(=O)Nc1ccc(C)cc1OCc1ccccc1. The first kappa shape index (κ1) is 18.8. The first-order valence-electron chi connectivity index (χ1n) is 8.59. The third-order valence-electron chi connectivity index (χ3n) is 3.58. The molecule has 2 amide bonds. The summed E-state index contributed by atoms with van der Waals surface area (Å²) in [4.78, 5) is 12.0. The first-order chi connectivity index (χ1) is 12.2. The third-order valence-corrected chi connectivity index (χ3v) is 3.58. The fourth-order valence-electron chi connectivity index (χ4n) is 2.27. The molecule has 0 saturated heterocycles. The van der Waals surface area contributed by atoms with Crippen LogP contribution >= 0.6 is 0 Å². The number of rotatable bonds is 9. The van der Waals surface area contributed by atoms with Gasteiger partial charge in [0, 0.05) is 19.8 Å². The van der Waals surface area contributed by atoms with Crippen LogP contribution in [0.5, 0.6) is 5.75 Å². The molecule has 0 aromatic heterocycles. The number of ether oxygens (including phenoxy) is 2. The smallest absolute Gasteiger partial charge is 0.319 e. The second-order valence-corrected chi connectivity index (χ2v) is 5.71. The van der Waals surface area contributed by atoms with Gasteiger partial charge in [-0.1, -0.05) is 36.4 Å². The number of anilines is 1. The summed E-state index contributed by atoms with van der Waals surface area (Å²) in [5.41, 5.74) is 2.81. The molecule has 0 bridgehead atoms. The highest BCUT2D eigenvalue weighted by Crippen LogP contribution is 2.26. The maximum atomic E-state index is 12.0. The van der Waals surface area contributed by atoms with E-state index >= 15 is 0 Å². The molecule has 2 aromatic carbocycles. The summed E-state index contributed by atoms with van der Waals surface area (Å²) in [7, 11) is 0. The Hall–Kier alpha value is -2.53. The summed E-state index contributed by atoms with van der Waals surface area (Å²) in [5.74, 6) is 0.660. The number of urea groups is 1. The Morgan fingerprint density at radius 2 is 1.92 bits per heavy atom. The van der Waals surface area contributed by atoms with Crippen LogP contribution in [0.15, 0.2) is 48.5 Å². The molecule has 0 saturated carbocycles. The average molecular weight is 342 g/mol. The zero-order valence-corrected chi connectivity index (χ0v) is 14.9. The van der Waals surface area contributed by atoms with E-state index < -0.39 is 0 Å². The Morgan fingerprint density at radius 3 is 2.68 bits per heavy atom. The summed E-state index contributed by atoms with van der Waals surface area (Å²) in [6.07, 6.45) is 0.784. The molecule has 0 fully saturated rings. The van der Waals surface area contributed by atoms with Crippen LogP contribution in [0, 0.1) is 6.92 Å². The molecule has 2 N–H and O–H groups in total. The highest BCUT2D eigenvalue weighted by Gasteiger charge is 2.08. The predicted molar refractivity (Wildman–Crippen MR) is 100 cm³/mol. The summed E-state index contributed by atoms with van der Waals surface area (Å²) in [6, 6.07) is 15.4. The number of carbonyl (C=O) groups excluding carboxylic acids is 1. The van der Waals surface area contributed by atoms with Crippen molar-refractivity contribution >= 4 is 11.7 Å². The number of benzene rings is 2. The second-order valence-electron chi connectivity index (χ2n) is 5.71. The molecular formula is C20H26N2O3. The fraction of sp³-hybridized carbons (Fsp3) is 0.350. The molecule has 0 unspecified atom stereocenters. The summed E-state index contributed by atoms with van der Waals surface area (Å²) in [5, 5.41) is 5.67. The molecular weight excluding hydrogens is 316 g/mol. The van der Waals surface area contributed by atoms with Crippen molar-refractivity contribution in [3.63, 3.8) is 0 Å². The number of hydrogen-bond acceptors (Lipinski definition) is 3. The van der Waals surface area contributed by atoms with Crippen LogP contribution in [0.3, 0.4) is 0 Å². The van der Waals surface area contributed by atoms with Crippen molar-refractivity contribution in [1.29, 1.82) is 0 Å². The maximum absolute atomic E-state index is 12.0. The Morgan fingerprint density at radius 1 is 1.12 bits per heavy atom. The molecule has 5 heteroatoms. The third kappa shape index (κ3) is 6.85. The van der Waals surface area contributed by atoms with Crippen molar-refractivity contribution in [2.24, 2.45) is 0 Å². The van der Waals surface area contributed by atoms with E-state index in [1.807, 2.05) is 62.4 Å². The largest absolute Gasteiger partial charge is 0.487 e. The van der Waals surface area contributed by atoms with E-state index in [1.165, 1.54) is 0 Å². The van der Waals surface area contributed by atoms with Crippen LogP contribution in [-0.4, -0.2) is 25.8 Å². The lowest BCUT2D eigenvalue weighted by molar-refractivity contribution is 0.145. The lowest BCUT2D eigenvalue weighted by Gasteiger charge is -2.14. The van der Waals surface area contributed by atoms with Crippen molar-refractivity contribution in [3.05, 3.63) is 59.7 Å². The van der Waals surface area contributed by atoms with Crippen molar-refractivity contribution in [2.45, 2.75) is 26.9 Å². The van der Waals surface area contributed by atoms with E-state index in [9.17, 15) is 4.79 Å². The van der Waals surface area contributed by atoms with Gasteiger partial charge in [-0.25, -0.2) is 4.79 Å². The van der Waals surface area contributed by atoms with Gasteiger partial charge in [-0.15, -0.1) is 0 Å². The first-order valence-corrected chi connectivity index (χ1v) is 8.59. The topological polar surface area (TPSA) is 59.6 Å². The van der Waals surface area contributed by atoms with Gasteiger partial charge in [-0.05, 0) is 43.5 Å². The molecule has 0 aliphatic carbocycles. The van der Waals surface area contributed by atoms with E-state index in [1.54, 1.807) is 0 Å². The average Bonchev–Trinajstić information content (AvgIpc) is 2.62. The van der Waals surface area contributed by atoms with Crippen molar-refractivity contribution in [2.75, 3.05) is 25.1 Å². The van der Waals surface area contributed by atoms with Gasteiger partial charge in [-0.2, -0.15) is 0 Å². The molecule has 2 rings (SSSR count). The molecule has 0 spiro atoms. The number of hydrogen-bond donors (Lipinski definition) is 2. The summed E-state index contributed by atoms with van der Waals surface area (Å²) in [6.45, 7) is 6.30. The molecule has 2 aromatic rings. The number of nitrogens with one attached hydrogen (secondary N) is 2. The number of carbonyl (C=O) groups is 1. The van der Waals surface area contributed by atoms with E-state index in [-0.39, 0.29) is 6.03 Å². The Balaban J connectivity index is 1.90. The highest BCUT2D eigenvalue weighted by molar-refractivity contribution is 5.90. The van der Waals surface area contributed by atoms with Crippen molar-refractivity contribution in [3.8, 4) is 5.75 Å². The highest BCUT2D eigenvalue weighted by atomic mass is 16.5. The molecule has 0 radical (unpaired) electrons. The summed E-state index contributed by atoms with van der Waals surface area (Å²) < 4.78 is 11.1. The molecule has 5 nitrogen and oxygen atoms in total. The normalized spacial score (nSPS) is 10.3. The van der Waals surface area contributed by atoms with Crippen molar-refractivity contribution < 1.29 is 14.3 Å². The zero-order chi connectivity index (χ0) is 17.9. The van der Waals surface area contributed by atoms with E-state index in [0.29, 0.717) is 37.8 Å². The Kier molecular flexibility index (Phi) is 7.79. The second kappa shape index (κ2) is 10.4. The van der Waals surface area contributed by atoms with Gasteiger partial charge >= 0.3 is 6.03 Å². The van der Waals surface area contributed by atoms with Gasteiger partial charge in [0.05, 0.1) is 5.69 Å². The Bertz CT molecular complexity index is 659. The lowest BCUT2D eigenvalue weighted by atomic mass is 10.2.